The summed E-state index contributed by atoms with van der Waals surface area (Å²) in [6.07, 6.45) is 3.09. The molecular weight excluding hydrogens is 267 g/mol. The highest BCUT2D eigenvalue weighted by atomic mass is 35.5. The van der Waals surface area contributed by atoms with Crippen LogP contribution in [-0.2, 0) is 0 Å². The summed E-state index contributed by atoms with van der Waals surface area (Å²) in [5.41, 5.74) is 0.552. The molecular formula is C14H20ClFN2O. The van der Waals surface area contributed by atoms with E-state index in [1.54, 1.807) is 17.0 Å². The van der Waals surface area contributed by atoms with Crippen LogP contribution in [0.2, 0.25) is 0 Å². The summed E-state index contributed by atoms with van der Waals surface area (Å²) in [6.45, 7) is 1.97. The van der Waals surface area contributed by atoms with Crippen molar-refractivity contribution < 1.29 is 9.18 Å². The minimum Gasteiger partial charge on any atom is -0.339 e. The van der Waals surface area contributed by atoms with E-state index in [1.165, 1.54) is 12.1 Å². The van der Waals surface area contributed by atoms with Crippen LogP contribution in [0.3, 0.4) is 0 Å². The van der Waals surface area contributed by atoms with Gasteiger partial charge in [-0.05, 0) is 56.6 Å². The lowest BCUT2D eigenvalue weighted by molar-refractivity contribution is 0.0720. The molecule has 1 fully saturated rings. The van der Waals surface area contributed by atoms with Gasteiger partial charge in [0.05, 0.1) is 0 Å². The zero-order valence-corrected chi connectivity index (χ0v) is 11.9. The maximum atomic E-state index is 12.8. The first-order chi connectivity index (χ1) is 8.68. The summed E-state index contributed by atoms with van der Waals surface area (Å²) in [6, 6.07) is 6.02. The Morgan fingerprint density at radius 1 is 1.26 bits per heavy atom. The summed E-state index contributed by atoms with van der Waals surface area (Å²) in [7, 11) is 1.83. The van der Waals surface area contributed by atoms with Gasteiger partial charge in [-0.15, -0.1) is 12.4 Å². The van der Waals surface area contributed by atoms with Gasteiger partial charge in [-0.2, -0.15) is 0 Å². The van der Waals surface area contributed by atoms with Crippen LogP contribution in [0.4, 0.5) is 4.39 Å². The third-order valence-electron chi connectivity index (χ3n) is 3.50. The van der Waals surface area contributed by atoms with Gasteiger partial charge in [0.15, 0.2) is 0 Å². The largest absolute Gasteiger partial charge is 0.339 e. The van der Waals surface area contributed by atoms with Gasteiger partial charge < -0.3 is 10.2 Å². The molecule has 1 aliphatic heterocycles. The van der Waals surface area contributed by atoms with Crippen LogP contribution in [0.25, 0.3) is 0 Å². The van der Waals surface area contributed by atoms with Crippen LogP contribution >= 0.6 is 12.4 Å². The molecule has 5 heteroatoms. The van der Waals surface area contributed by atoms with E-state index >= 15 is 0 Å². The van der Waals surface area contributed by atoms with Crippen molar-refractivity contribution in [2.45, 2.75) is 25.3 Å². The highest BCUT2D eigenvalue weighted by Crippen LogP contribution is 2.15. The zero-order chi connectivity index (χ0) is 13.0. The topological polar surface area (TPSA) is 32.3 Å². The number of carbonyl (C=O) groups excluding carboxylic acids is 1. The molecule has 1 aliphatic rings. The van der Waals surface area contributed by atoms with Crippen LogP contribution in [0, 0.1) is 5.82 Å². The molecule has 1 aromatic carbocycles. The lowest BCUT2D eigenvalue weighted by Gasteiger charge is -2.27. The van der Waals surface area contributed by atoms with Crippen LogP contribution in [0.1, 0.15) is 29.6 Å². The molecule has 0 bridgehead atoms. The van der Waals surface area contributed by atoms with Crippen LogP contribution in [0.5, 0.6) is 0 Å². The maximum absolute atomic E-state index is 12.8. The average molecular weight is 287 g/mol. The van der Waals surface area contributed by atoms with Crippen molar-refractivity contribution in [2.24, 2.45) is 0 Å². The first-order valence-electron chi connectivity index (χ1n) is 6.42. The fraction of sp³-hybridized carbons (Fsp3) is 0.500. The van der Waals surface area contributed by atoms with E-state index in [0.717, 1.165) is 32.4 Å². The molecule has 0 spiro atoms. The Hall–Kier alpha value is -1.13. The molecule has 0 radical (unpaired) electrons. The molecule has 1 amide bonds. The summed E-state index contributed by atoms with van der Waals surface area (Å²) in [5, 5.41) is 3.33. The van der Waals surface area contributed by atoms with Crippen molar-refractivity contribution in [3.05, 3.63) is 35.6 Å². The molecule has 1 saturated heterocycles. The zero-order valence-electron chi connectivity index (χ0n) is 11.1. The number of benzene rings is 1. The molecule has 1 heterocycles. The normalized spacial score (nSPS) is 19.2. The fourth-order valence-electron chi connectivity index (χ4n) is 2.35. The molecule has 1 atom stereocenters. The van der Waals surface area contributed by atoms with Crippen molar-refractivity contribution in [3.8, 4) is 0 Å². The Balaban J connectivity index is 0.00000180. The van der Waals surface area contributed by atoms with E-state index in [-0.39, 0.29) is 30.2 Å². The molecule has 19 heavy (non-hydrogen) atoms. The van der Waals surface area contributed by atoms with Gasteiger partial charge in [0.2, 0.25) is 0 Å². The van der Waals surface area contributed by atoms with Gasteiger partial charge in [-0.3, -0.25) is 4.79 Å². The van der Waals surface area contributed by atoms with Crippen molar-refractivity contribution >= 4 is 18.3 Å². The number of halogens is 2. The van der Waals surface area contributed by atoms with Crippen molar-refractivity contribution in [1.82, 2.24) is 10.2 Å². The van der Waals surface area contributed by atoms with E-state index in [1.807, 2.05) is 7.05 Å². The van der Waals surface area contributed by atoms with Crippen molar-refractivity contribution in [1.29, 1.82) is 0 Å². The second kappa shape index (κ2) is 7.46. The first-order valence-corrected chi connectivity index (χ1v) is 6.42. The van der Waals surface area contributed by atoms with Crippen LogP contribution in [0.15, 0.2) is 24.3 Å². The standard InChI is InChI=1S/C14H19FN2O.ClH/c1-17(13-3-2-9-16-10-8-13)14(18)11-4-6-12(15)7-5-11;/h4-7,13,16H,2-3,8-10H2,1H3;1H. The number of rotatable bonds is 2. The smallest absolute Gasteiger partial charge is 0.253 e. The lowest BCUT2D eigenvalue weighted by atomic mass is 10.1. The van der Waals surface area contributed by atoms with E-state index < -0.39 is 0 Å². The summed E-state index contributed by atoms with van der Waals surface area (Å²) in [5.74, 6) is -0.338. The number of nitrogens with zero attached hydrogens (tertiary/aromatic N) is 1. The quantitative estimate of drug-likeness (QED) is 0.906. The maximum Gasteiger partial charge on any atom is 0.253 e. The molecule has 0 saturated carbocycles. The van der Waals surface area contributed by atoms with Crippen LogP contribution in [-0.4, -0.2) is 37.0 Å². The molecule has 0 aliphatic carbocycles. The SMILES string of the molecule is CN(C(=O)c1ccc(F)cc1)C1CCCNCC1.Cl. The van der Waals surface area contributed by atoms with Gasteiger partial charge in [0.1, 0.15) is 5.82 Å². The van der Waals surface area contributed by atoms with E-state index in [0.29, 0.717) is 5.56 Å². The van der Waals surface area contributed by atoms with Gasteiger partial charge in [-0.1, -0.05) is 0 Å². The Kier molecular flexibility index (Phi) is 6.25. The third kappa shape index (κ3) is 4.18. The number of carbonyl (C=O) groups is 1. The highest BCUT2D eigenvalue weighted by molar-refractivity contribution is 5.94. The van der Waals surface area contributed by atoms with Gasteiger partial charge in [-0.25, -0.2) is 4.39 Å². The average Bonchev–Trinajstić information content (AvgIpc) is 2.67. The Bertz CT molecular complexity index is 402. The van der Waals surface area contributed by atoms with Gasteiger partial charge in [0.25, 0.3) is 5.91 Å². The lowest BCUT2D eigenvalue weighted by Crippen LogP contribution is -2.37. The number of amides is 1. The predicted molar refractivity (Wildman–Crippen MR) is 76.3 cm³/mol. The van der Waals surface area contributed by atoms with E-state index in [4.69, 9.17) is 0 Å². The third-order valence-corrected chi connectivity index (χ3v) is 3.50. The van der Waals surface area contributed by atoms with Gasteiger partial charge in [0, 0.05) is 18.7 Å². The first kappa shape index (κ1) is 15.9. The van der Waals surface area contributed by atoms with E-state index in [9.17, 15) is 9.18 Å². The Morgan fingerprint density at radius 2 is 1.95 bits per heavy atom. The highest BCUT2D eigenvalue weighted by Gasteiger charge is 2.21. The van der Waals surface area contributed by atoms with Crippen LogP contribution < -0.4 is 5.32 Å². The fourth-order valence-corrected chi connectivity index (χ4v) is 2.35. The minimum absolute atomic E-state index is 0. The molecule has 1 unspecified atom stereocenters. The Morgan fingerprint density at radius 3 is 2.63 bits per heavy atom. The van der Waals surface area contributed by atoms with Crippen molar-refractivity contribution in [2.75, 3.05) is 20.1 Å². The molecule has 3 nitrogen and oxygen atoms in total. The monoisotopic (exact) mass is 286 g/mol. The summed E-state index contributed by atoms with van der Waals surface area (Å²) >= 11 is 0. The molecule has 106 valence electrons. The van der Waals surface area contributed by atoms with Gasteiger partial charge >= 0.3 is 0 Å². The predicted octanol–water partition coefficient (Wildman–Crippen LogP) is 2.46. The molecule has 1 N–H and O–H groups in total. The van der Waals surface area contributed by atoms with Crippen molar-refractivity contribution in [3.63, 3.8) is 0 Å². The van der Waals surface area contributed by atoms with E-state index in [2.05, 4.69) is 5.32 Å². The molecule has 1 aromatic rings. The number of hydrogen-bond acceptors (Lipinski definition) is 2. The Labute approximate surface area is 119 Å². The summed E-state index contributed by atoms with van der Waals surface area (Å²) in [4.78, 5) is 14.0. The second-order valence-corrected chi connectivity index (χ2v) is 4.76. The minimum atomic E-state index is -0.312. The summed E-state index contributed by atoms with van der Waals surface area (Å²) < 4.78 is 12.8. The number of hydrogen-bond donors (Lipinski definition) is 1. The molecule has 2 rings (SSSR count). The number of nitrogens with one attached hydrogen (secondary N) is 1. The second-order valence-electron chi connectivity index (χ2n) is 4.76. The molecule has 0 aromatic heterocycles.